The van der Waals surface area contributed by atoms with Crippen molar-refractivity contribution in [2.75, 3.05) is 5.73 Å². The molecular weight excluding hydrogens is 350 g/mol. The molecule has 6 nitrogen and oxygen atoms in total. The number of nitrogens with two attached hydrogens (primary N) is 1. The van der Waals surface area contributed by atoms with Gasteiger partial charge in [0.05, 0.1) is 11.4 Å². The topological polar surface area (TPSA) is 96.2 Å². The van der Waals surface area contributed by atoms with Crippen LogP contribution in [0.15, 0.2) is 77.9 Å². The first-order valence-electron chi connectivity index (χ1n) is 8.85. The molecule has 4 N–H and O–H groups in total. The van der Waals surface area contributed by atoms with Crippen LogP contribution < -0.4 is 11.2 Å². The number of carbonyl (C=O) groups is 1. The van der Waals surface area contributed by atoms with Crippen LogP contribution in [0.5, 0.6) is 0 Å². The van der Waals surface area contributed by atoms with Gasteiger partial charge in [0.1, 0.15) is 5.69 Å². The van der Waals surface area contributed by atoms with Gasteiger partial charge in [-0.25, -0.2) is 5.43 Å². The molecule has 28 heavy (non-hydrogen) atoms. The molecule has 0 saturated carbocycles. The Kier molecular flexibility index (Phi) is 4.60. The Morgan fingerprint density at radius 2 is 1.75 bits per heavy atom. The Labute approximate surface area is 162 Å². The van der Waals surface area contributed by atoms with Crippen LogP contribution in [-0.2, 0) is 0 Å². The SMILES string of the molecule is C/C(=N\NC(=O)c1cc(-c2ccc3ccccc3c2)n[nH]1)c1ccc(N)cc1. The standard InChI is InChI=1S/C22H19N5O/c1-14(15-8-10-19(23)11-9-15)24-27-22(28)21-13-20(25-26-21)18-7-6-16-4-2-3-5-17(16)12-18/h2-13H,23H2,1H3,(H,25,26)(H,27,28)/b24-14+. The maximum atomic E-state index is 12.4. The van der Waals surface area contributed by atoms with Gasteiger partial charge < -0.3 is 5.73 Å². The highest BCUT2D eigenvalue weighted by atomic mass is 16.2. The molecular formula is C22H19N5O. The van der Waals surface area contributed by atoms with Crippen molar-refractivity contribution < 1.29 is 4.79 Å². The van der Waals surface area contributed by atoms with Crippen molar-refractivity contribution in [2.45, 2.75) is 6.92 Å². The Morgan fingerprint density at radius 1 is 1.00 bits per heavy atom. The Balaban J connectivity index is 1.50. The van der Waals surface area contributed by atoms with Gasteiger partial charge in [-0.15, -0.1) is 0 Å². The zero-order valence-corrected chi connectivity index (χ0v) is 15.3. The molecule has 4 rings (SSSR count). The summed E-state index contributed by atoms with van der Waals surface area (Å²) < 4.78 is 0. The van der Waals surface area contributed by atoms with E-state index in [-0.39, 0.29) is 5.91 Å². The molecule has 0 fully saturated rings. The van der Waals surface area contributed by atoms with Crippen molar-refractivity contribution in [3.05, 3.63) is 84.1 Å². The van der Waals surface area contributed by atoms with Gasteiger partial charge in [0, 0.05) is 11.3 Å². The first-order valence-corrected chi connectivity index (χ1v) is 8.85. The zero-order valence-electron chi connectivity index (χ0n) is 15.3. The monoisotopic (exact) mass is 369 g/mol. The highest BCUT2D eigenvalue weighted by Crippen LogP contribution is 2.23. The van der Waals surface area contributed by atoms with Crippen LogP contribution in [0.3, 0.4) is 0 Å². The van der Waals surface area contributed by atoms with Gasteiger partial charge in [-0.3, -0.25) is 9.89 Å². The number of aromatic amines is 1. The quantitative estimate of drug-likeness (QED) is 0.288. The van der Waals surface area contributed by atoms with Crippen LogP contribution in [0.4, 0.5) is 5.69 Å². The van der Waals surface area contributed by atoms with Gasteiger partial charge in [0.25, 0.3) is 5.91 Å². The van der Waals surface area contributed by atoms with Gasteiger partial charge in [-0.05, 0) is 47.5 Å². The molecule has 6 heteroatoms. The van der Waals surface area contributed by atoms with Gasteiger partial charge in [0.15, 0.2) is 0 Å². The van der Waals surface area contributed by atoms with Crippen molar-refractivity contribution in [3.8, 4) is 11.3 Å². The molecule has 0 saturated heterocycles. The lowest BCUT2D eigenvalue weighted by Gasteiger charge is -2.02. The Hall–Kier alpha value is -3.93. The van der Waals surface area contributed by atoms with Crippen LogP contribution >= 0.6 is 0 Å². The summed E-state index contributed by atoms with van der Waals surface area (Å²) in [4.78, 5) is 12.4. The van der Waals surface area contributed by atoms with Crippen molar-refractivity contribution in [2.24, 2.45) is 5.10 Å². The summed E-state index contributed by atoms with van der Waals surface area (Å²) in [5, 5.41) is 13.5. The summed E-state index contributed by atoms with van der Waals surface area (Å²) in [5.41, 5.74) is 12.5. The van der Waals surface area contributed by atoms with Crippen LogP contribution in [0.2, 0.25) is 0 Å². The molecule has 138 valence electrons. The van der Waals surface area contributed by atoms with E-state index >= 15 is 0 Å². The average Bonchev–Trinajstić information content (AvgIpc) is 3.22. The third-order valence-electron chi connectivity index (χ3n) is 4.52. The summed E-state index contributed by atoms with van der Waals surface area (Å²) in [5.74, 6) is -0.352. The third kappa shape index (κ3) is 3.61. The Morgan fingerprint density at radius 3 is 2.54 bits per heavy atom. The van der Waals surface area contributed by atoms with Crippen LogP contribution in [0, 0.1) is 0 Å². The van der Waals surface area contributed by atoms with Gasteiger partial charge in [0.2, 0.25) is 0 Å². The number of amides is 1. The molecule has 0 radical (unpaired) electrons. The number of anilines is 1. The molecule has 0 spiro atoms. The van der Waals surface area contributed by atoms with E-state index in [1.165, 1.54) is 0 Å². The van der Waals surface area contributed by atoms with E-state index in [1.54, 1.807) is 18.2 Å². The molecule has 0 atom stereocenters. The first kappa shape index (κ1) is 17.5. The summed E-state index contributed by atoms with van der Waals surface area (Å²) in [6, 6.07) is 23.2. The number of carbonyl (C=O) groups excluding carboxylic acids is 1. The highest BCUT2D eigenvalue weighted by Gasteiger charge is 2.11. The number of hydrazone groups is 1. The molecule has 0 bridgehead atoms. The minimum Gasteiger partial charge on any atom is -0.399 e. The molecule has 1 aromatic heterocycles. The number of hydrogen-bond donors (Lipinski definition) is 3. The van der Waals surface area contributed by atoms with E-state index in [1.807, 2.05) is 49.4 Å². The third-order valence-corrected chi connectivity index (χ3v) is 4.52. The molecule has 1 amide bonds. The zero-order chi connectivity index (χ0) is 19.5. The molecule has 0 aliphatic rings. The predicted octanol–water partition coefficient (Wildman–Crippen LogP) is 3.97. The average molecular weight is 369 g/mol. The van der Waals surface area contributed by atoms with E-state index in [2.05, 4.69) is 32.9 Å². The molecule has 4 aromatic rings. The number of nitrogens with zero attached hydrogens (tertiary/aromatic N) is 2. The minimum atomic E-state index is -0.352. The van der Waals surface area contributed by atoms with Crippen molar-refractivity contribution in [1.82, 2.24) is 15.6 Å². The largest absolute Gasteiger partial charge is 0.399 e. The van der Waals surface area contributed by atoms with Crippen molar-refractivity contribution in [3.63, 3.8) is 0 Å². The van der Waals surface area contributed by atoms with Crippen molar-refractivity contribution >= 4 is 28.1 Å². The fraction of sp³-hybridized carbons (Fsp3) is 0.0455. The summed E-state index contributed by atoms with van der Waals surface area (Å²) >= 11 is 0. The van der Waals surface area contributed by atoms with Crippen LogP contribution in [0.1, 0.15) is 23.0 Å². The van der Waals surface area contributed by atoms with Crippen LogP contribution in [-0.4, -0.2) is 21.8 Å². The fourth-order valence-electron chi connectivity index (χ4n) is 2.92. The highest BCUT2D eigenvalue weighted by molar-refractivity contribution is 6.00. The molecule has 0 aliphatic heterocycles. The van der Waals surface area contributed by atoms with Gasteiger partial charge >= 0.3 is 0 Å². The van der Waals surface area contributed by atoms with Crippen molar-refractivity contribution in [1.29, 1.82) is 0 Å². The lowest BCUT2D eigenvalue weighted by atomic mass is 10.1. The second-order valence-electron chi connectivity index (χ2n) is 6.49. The normalized spacial score (nSPS) is 11.5. The Bertz CT molecular complexity index is 1170. The van der Waals surface area contributed by atoms with Crippen LogP contribution in [0.25, 0.3) is 22.0 Å². The summed E-state index contributed by atoms with van der Waals surface area (Å²) in [7, 11) is 0. The number of nitrogens with one attached hydrogen (secondary N) is 2. The van der Waals surface area contributed by atoms with E-state index in [0.717, 1.165) is 21.9 Å². The number of aromatic nitrogens is 2. The maximum Gasteiger partial charge on any atom is 0.289 e. The van der Waals surface area contributed by atoms with E-state index in [4.69, 9.17) is 5.73 Å². The fourth-order valence-corrected chi connectivity index (χ4v) is 2.92. The summed E-state index contributed by atoms with van der Waals surface area (Å²) in [6.07, 6.45) is 0. The number of nitrogen functional groups attached to an aromatic ring is 1. The summed E-state index contributed by atoms with van der Waals surface area (Å²) in [6.45, 7) is 1.82. The number of fused-ring (bicyclic) bond motifs is 1. The predicted molar refractivity (Wildman–Crippen MR) is 112 cm³/mol. The molecule has 3 aromatic carbocycles. The molecule has 0 aliphatic carbocycles. The van der Waals surface area contributed by atoms with E-state index in [0.29, 0.717) is 22.8 Å². The lowest BCUT2D eigenvalue weighted by Crippen LogP contribution is -2.19. The number of benzene rings is 3. The smallest absolute Gasteiger partial charge is 0.289 e. The van der Waals surface area contributed by atoms with E-state index in [9.17, 15) is 4.79 Å². The number of H-pyrrole nitrogens is 1. The second-order valence-corrected chi connectivity index (χ2v) is 6.49. The molecule has 0 unspecified atom stereocenters. The first-order chi connectivity index (χ1) is 13.6. The molecule has 1 heterocycles. The number of hydrogen-bond acceptors (Lipinski definition) is 4. The maximum absolute atomic E-state index is 12.4. The minimum absolute atomic E-state index is 0.344. The second kappa shape index (κ2) is 7.36. The number of rotatable bonds is 4. The van der Waals surface area contributed by atoms with E-state index < -0.39 is 0 Å². The lowest BCUT2D eigenvalue weighted by molar-refractivity contribution is 0.0950. The van der Waals surface area contributed by atoms with Gasteiger partial charge in [-0.2, -0.15) is 10.2 Å². The van der Waals surface area contributed by atoms with Gasteiger partial charge in [-0.1, -0.05) is 48.5 Å².